The van der Waals surface area contributed by atoms with Gasteiger partial charge < -0.3 is 19.9 Å². The van der Waals surface area contributed by atoms with E-state index in [1.165, 1.54) is 12.8 Å². The van der Waals surface area contributed by atoms with Crippen LogP contribution in [0.1, 0.15) is 79.6 Å². The van der Waals surface area contributed by atoms with Crippen molar-refractivity contribution in [2.45, 2.75) is 77.9 Å². The molecule has 1 heterocycles. The number of hydrogen-bond acceptors (Lipinski definition) is 5. The van der Waals surface area contributed by atoms with Gasteiger partial charge in [0.15, 0.2) is 0 Å². The van der Waals surface area contributed by atoms with Crippen molar-refractivity contribution in [1.82, 2.24) is 20.0 Å². The van der Waals surface area contributed by atoms with Crippen LogP contribution < -0.4 is 15.0 Å². The Kier molecular flexibility index (Phi) is 9.11. The largest absolute Gasteiger partial charge is 0.481 e. The number of methoxy groups -OCH3 is 1. The lowest BCUT2D eigenvalue weighted by atomic mass is 9.89. The number of hydrogen-bond donors (Lipinski definition) is 1. The Labute approximate surface area is 215 Å². The predicted molar refractivity (Wildman–Crippen MR) is 144 cm³/mol. The first-order valence-electron chi connectivity index (χ1n) is 12.7. The normalized spacial score (nSPS) is 18.3. The van der Waals surface area contributed by atoms with E-state index < -0.39 is 0 Å². The minimum absolute atomic E-state index is 0.140. The number of nitrogens with one attached hydrogen (secondary N) is 1. The molecule has 1 aromatic heterocycles. The van der Waals surface area contributed by atoms with Gasteiger partial charge in [0, 0.05) is 41.9 Å². The summed E-state index contributed by atoms with van der Waals surface area (Å²) in [5.41, 5.74) is 4.47. The highest BCUT2D eigenvalue weighted by atomic mass is 35.5. The Balaban J connectivity index is 1.83. The van der Waals surface area contributed by atoms with E-state index in [0.29, 0.717) is 35.1 Å². The van der Waals surface area contributed by atoms with Crippen LogP contribution in [-0.2, 0) is 13.6 Å². The zero-order chi connectivity index (χ0) is 25.9. The van der Waals surface area contributed by atoms with Gasteiger partial charge in [-0.15, -0.1) is 0 Å². The van der Waals surface area contributed by atoms with Crippen LogP contribution in [0.5, 0.6) is 5.88 Å². The molecule has 1 N–H and O–H groups in total. The fourth-order valence-electron chi connectivity index (χ4n) is 5.43. The zero-order valence-corrected chi connectivity index (χ0v) is 23.4. The first-order valence-corrected chi connectivity index (χ1v) is 13.1. The van der Waals surface area contributed by atoms with Crippen LogP contribution in [0.3, 0.4) is 0 Å². The molecule has 8 heteroatoms. The van der Waals surface area contributed by atoms with Crippen molar-refractivity contribution in [1.29, 1.82) is 0 Å². The highest BCUT2D eigenvalue weighted by Gasteiger charge is 2.28. The van der Waals surface area contributed by atoms with E-state index in [-0.39, 0.29) is 11.8 Å². The number of rotatable bonds is 9. The average Bonchev–Trinajstić information content (AvgIpc) is 3.15. The summed E-state index contributed by atoms with van der Waals surface area (Å²) in [4.78, 5) is 18.1. The molecule has 0 bridgehead atoms. The molecule has 0 radical (unpaired) electrons. The number of carbonyl (C=O) groups is 1. The van der Waals surface area contributed by atoms with Crippen LogP contribution in [0.2, 0.25) is 5.02 Å². The second-order valence-corrected chi connectivity index (χ2v) is 10.6. The Hall–Kier alpha value is -2.25. The van der Waals surface area contributed by atoms with E-state index in [4.69, 9.17) is 16.3 Å². The number of aromatic nitrogens is 2. The van der Waals surface area contributed by atoms with Gasteiger partial charge in [-0.3, -0.25) is 4.79 Å². The molecule has 0 saturated heterocycles. The lowest BCUT2D eigenvalue weighted by Crippen LogP contribution is -2.42. The van der Waals surface area contributed by atoms with Crippen molar-refractivity contribution < 1.29 is 9.53 Å². The van der Waals surface area contributed by atoms with E-state index in [1.807, 2.05) is 20.0 Å². The molecule has 7 nitrogen and oxygen atoms in total. The average molecular weight is 504 g/mol. The molecule has 1 fully saturated rings. The first-order chi connectivity index (χ1) is 16.6. The molecule has 1 aromatic carbocycles. The Morgan fingerprint density at radius 1 is 1.23 bits per heavy atom. The Bertz CT molecular complexity index is 1030. The highest BCUT2D eigenvalue weighted by molar-refractivity contribution is 6.31. The maximum atomic E-state index is 13.4. The number of anilines is 1. The van der Waals surface area contributed by atoms with Crippen LogP contribution in [0, 0.1) is 6.92 Å². The monoisotopic (exact) mass is 503 g/mol. The highest BCUT2D eigenvalue weighted by Crippen LogP contribution is 2.34. The van der Waals surface area contributed by atoms with Crippen molar-refractivity contribution in [3.63, 3.8) is 0 Å². The molecule has 35 heavy (non-hydrogen) atoms. The van der Waals surface area contributed by atoms with Crippen LogP contribution >= 0.6 is 11.6 Å². The molecule has 0 spiro atoms. The van der Waals surface area contributed by atoms with E-state index in [9.17, 15) is 4.79 Å². The minimum atomic E-state index is -0.140. The standard InChI is InChI=1S/C27H42ClN5O2/c1-9-33(21-12-10-20(11-13-21)31(5)6)24-15-19(28)14-22(18(24)4)26(34)29-16-23-25(17(2)3)30-32(7)27(23)35-8/h14-15,17,20-21H,9-13,16H2,1-8H3,(H,29,34). The van der Waals surface area contributed by atoms with E-state index in [2.05, 4.69) is 55.1 Å². The van der Waals surface area contributed by atoms with Crippen molar-refractivity contribution >= 4 is 23.2 Å². The second-order valence-electron chi connectivity index (χ2n) is 10.1. The number of benzene rings is 1. The van der Waals surface area contributed by atoms with Gasteiger partial charge in [0.2, 0.25) is 5.88 Å². The van der Waals surface area contributed by atoms with Gasteiger partial charge in [-0.25, -0.2) is 4.68 Å². The first kappa shape index (κ1) is 27.3. The van der Waals surface area contributed by atoms with Crippen molar-refractivity contribution in [2.24, 2.45) is 7.05 Å². The molecule has 194 valence electrons. The lowest BCUT2D eigenvalue weighted by molar-refractivity contribution is 0.0950. The molecule has 0 unspecified atom stereocenters. The Morgan fingerprint density at radius 3 is 2.40 bits per heavy atom. The molecular formula is C27H42ClN5O2. The van der Waals surface area contributed by atoms with Crippen LogP contribution in [0.25, 0.3) is 0 Å². The van der Waals surface area contributed by atoms with Gasteiger partial charge in [-0.1, -0.05) is 25.4 Å². The summed E-state index contributed by atoms with van der Waals surface area (Å²) < 4.78 is 7.29. The van der Waals surface area contributed by atoms with Gasteiger partial charge in [0.05, 0.1) is 24.9 Å². The smallest absolute Gasteiger partial charge is 0.251 e. The zero-order valence-electron chi connectivity index (χ0n) is 22.6. The molecule has 1 aliphatic rings. The van der Waals surface area contributed by atoms with Crippen LogP contribution in [-0.4, -0.2) is 60.4 Å². The van der Waals surface area contributed by atoms with Crippen LogP contribution in [0.15, 0.2) is 12.1 Å². The lowest BCUT2D eigenvalue weighted by Gasteiger charge is -2.40. The van der Waals surface area contributed by atoms with Gasteiger partial charge >= 0.3 is 0 Å². The topological polar surface area (TPSA) is 62.6 Å². The van der Waals surface area contributed by atoms with Gasteiger partial charge in [0.25, 0.3) is 5.91 Å². The summed E-state index contributed by atoms with van der Waals surface area (Å²) in [6.07, 6.45) is 4.66. The van der Waals surface area contributed by atoms with Crippen LogP contribution in [0.4, 0.5) is 5.69 Å². The quantitative estimate of drug-likeness (QED) is 0.513. The summed E-state index contributed by atoms with van der Waals surface area (Å²) >= 11 is 6.56. The molecule has 2 aromatic rings. The summed E-state index contributed by atoms with van der Waals surface area (Å²) in [6, 6.07) is 4.89. The number of amides is 1. The summed E-state index contributed by atoms with van der Waals surface area (Å²) in [6.45, 7) is 9.61. The molecular weight excluding hydrogens is 462 g/mol. The number of ether oxygens (including phenoxy) is 1. The number of aryl methyl sites for hydroxylation is 1. The molecule has 1 saturated carbocycles. The van der Waals surface area contributed by atoms with E-state index in [1.54, 1.807) is 17.9 Å². The van der Waals surface area contributed by atoms with E-state index >= 15 is 0 Å². The predicted octanol–water partition coefficient (Wildman–Crippen LogP) is 5.14. The number of nitrogens with zero attached hydrogens (tertiary/aromatic N) is 4. The summed E-state index contributed by atoms with van der Waals surface area (Å²) in [5, 5.41) is 8.26. The third-order valence-electron chi connectivity index (χ3n) is 7.36. The van der Waals surface area contributed by atoms with Crippen molar-refractivity contribution in [2.75, 3.05) is 32.6 Å². The van der Waals surface area contributed by atoms with Gasteiger partial charge in [0.1, 0.15) is 0 Å². The molecule has 0 atom stereocenters. The van der Waals surface area contributed by atoms with Gasteiger partial charge in [-0.2, -0.15) is 5.10 Å². The van der Waals surface area contributed by atoms with Gasteiger partial charge in [-0.05, 0) is 77.2 Å². The van der Waals surface area contributed by atoms with Crippen molar-refractivity contribution in [3.05, 3.63) is 39.5 Å². The fourth-order valence-corrected chi connectivity index (χ4v) is 5.64. The molecule has 1 aliphatic carbocycles. The van der Waals surface area contributed by atoms with E-state index in [0.717, 1.165) is 41.9 Å². The molecule has 1 amide bonds. The fraction of sp³-hybridized carbons (Fsp3) is 0.630. The number of halogens is 1. The SMILES string of the molecule is CCN(c1cc(Cl)cc(C(=O)NCc2c(C(C)C)nn(C)c2OC)c1C)C1CCC(N(C)C)CC1. The second kappa shape index (κ2) is 11.7. The third kappa shape index (κ3) is 5.95. The number of carbonyl (C=O) groups excluding carboxylic acids is 1. The maximum Gasteiger partial charge on any atom is 0.251 e. The molecule has 3 rings (SSSR count). The summed E-state index contributed by atoms with van der Waals surface area (Å²) in [7, 11) is 7.82. The minimum Gasteiger partial charge on any atom is -0.481 e. The Morgan fingerprint density at radius 2 is 1.86 bits per heavy atom. The maximum absolute atomic E-state index is 13.4. The van der Waals surface area contributed by atoms with Crippen molar-refractivity contribution in [3.8, 4) is 5.88 Å². The molecule has 0 aliphatic heterocycles. The summed E-state index contributed by atoms with van der Waals surface area (Å²) in [5.74, 6) is 0.749. The third-order valence-corrected chi connectivity index (χ3v) is 7.58.